The van der Waals surface area contributed by atoms with Crippen LogP contribution in [0.2, 0.25) is 0 Å². The Kier molecular flexibility index (Phi) is 4.16. The molecule has 1 N–H and O–H groups in total. The maximum atomic E-state index is 11.9. The average Bonchev–Trinajstić information content (AvgIpc) is 3.43. The monoisotopic (exact) mass is 348 g/mol. The number of anilines is 1. The molecule has 0 spiro atoms. The topological polar surface area (TPSA) is 69.0 Å². The van der Waals surface area contributed by atoms with Crippen LogP contribution in [0, 0.1) is 12.8 Å². The highest BCUT2D eigenvalue weighted by molar-refractivity contribution is 5.94. The third-order valence-electron chi connectivity index (χ3n) is 4.48. The number of methoxy groups -OCH3 is 1. The number of carbonyl (C=O) groups excluding carboxylic acids is 1. The van der Waals surface area contributed by atoms with Gasteiger partial charge in [-0.1, -0.05) is 24.3 Å². The molecule has 0 aliphatic heterocycles. The Bertz CT molecular complexity index is 943. The van der Waals surface area contributed by atoms with Gasteiger partial charge in [-0.15, -0.1) is 5.10 Å². The highest BCUT2D eigenvalue weighted by Gasteiger charge is 2.29. The number of nitrogens with one attached hydrogen (secondary N) is 1. The number of nitrogens with zero attached hydrogens (tertiary/aromatic N) is 3. The maximum Gasteiger partial charge on any atom is 0.336 e. The normalized spacial score (nSPS) is 13.5. The lowest BCUT2D eigenvalue weighted by Gasteiger charge is -2.09. The van der Waals surface area contributed by atoms with Crippen molar-refractivity contribution in [3.63, 3.8) is 0 Å². The quantitative estimate of drug-likeness (QED) is 0.765. The largest absolute Gasteiger partial charge is 0.466 e. The van der Waals surface area contributed by atoms with Gasteiger partial charge in [-0.05, 0) is 49.6 Å². The second-order valence-electron chi connectivity index (χ2n) is 6.46. The number of aromatic nitrogens is 3. The van der Waals surface area contributed by atoms with Gasteiger partial charge < -0.3 is 10.1 Å². The van der Waals surface area contributed by atoms with Crippen LogP contribution in [0.4, 0.5) is 5.69 Å². The minimum absolute atomic E-state index is 0.0979. The molecule has 132 valence electrons. The van der Waals surface area contributed by atoms with Crippen molar-refractivity contribution in [1.82, 2.24) is 14.8 Å². The highest BCUT2D eigenvalue weighted by atomic mass is 16.5. The van der Waals surface area contributed by atoms with Crippen LogP contribution < -0.4 is 10.1 Å². The van der Waals surface area contributed by atoms with Gasteiger partial charge in [-0.25, -0.2) is 4.68 Å². The molecule has 0 saturated heterocycles. The van der Waals surface area contributed by atoms with Gasteiger partial charge in [-0.2, -0.15) is 4.98 Å². The molecule has 3 aromatic rings. The standard InChI is InChI=1S/C20H20N4O2/c1-13-5-3-4-6-17(13)18-22-20(26-2)23-24(18)16-11-9-15(10-12-16)21-19(25)14-7-8-14/h3-6,9-12,14H,7-8H2,1-2H3,(H,21,25). The second kappa shape index (κ2) is 6.63. The lowest BCUT2D eigenvalue weighted by atomic mass is 10.1. The zero-order chi connectivity index (χ0) is 18.1. The van der Waals surface area contributed by atoms with E-state index < -0.39 is 0 Å². The Hall–Kier alpha value is -3.15. The SMILES string of the molecule is COc1nc(-c2ccccc2C)n(-c2ccc(NC(=O)C3CC3)cc2)n1. The first-order chi connectivity index (χ1) is 12.7. The van der Waals surface area contributed by atoms with Crippen molar-refractivity contribution in [2.45, 2.75) is 19.8 Å². The Balaban J connectivity index is 1.67. The summed E-state index contributed by atoms with van der Waals surface area (Å²) in [6.45, 7) is 2.04. The minimum atomic E-state index is 0.0979. The minimum Gasteiger partial charge on any atom is -0.466 e. The lowest BCUT2D eigenvalue weighted by molar-refractivity contribution is -0.117. The third kappa shape index (κ3) is 3.18. The van der Waals surface area contributed by atoms with E-state index in [2.05, 4.69) is 15.4 Å². The smallest absolute Gasteiger partial charge is 0.336 e. The Morgan fingerprint density at radius 3 is 2.54 bits per heavy atom. The molecule has 0 radical (unpaired) electrons. The molecule has 6 nitrogen and oxygen atoms in total. The van der Waals surface area contributed by atoms with Gasteiger partial charge in [0.05, 0.1) is 12.8 Å². The first kappa shape index (κ1) is 16.3. The van der Waals surface area contributed by atoms with Gasteiger partial charge in [-0.3, -0.25) is 4.79 Å². The maximum absolute atomic E-state index is 11.9. The van der Waals surface area contributed by atoms with Gasteiger partial charge in [0.1, 0.15) is 0 Å². The number of rotatable bonds is 5. The van der Waals surface area contributed by atoms with Crippen molar-refractivity contribution in [3.8, 4) is 23.1 Å². The average molecular weight is 348 g/mol. The van der Waals surface area contributed by atoms with E-state index in [0.29, 0.717) is 6.01 Å². The third-order valence-corrected chi connectivity index (χ3v) is 4.48. The van der Waals surface area contributed by atoms with Crippen LogP contribution >= 0.6 is 0 Å². The van der Waals surface area contributed by atoms with Crippen LogP contribution in [-0.4, -0.2) is 27.8 Å². The Morgan fingerprint density at radius 2 is 1.88 bits per heavy atom. The summed E-state index contributed by atoms with van der Waals surface area (Å²) in [4.78, 5) is 16.4. The molecule has 1 saturated carbocycles. The van der Waals surface area contributed by atoms with Crippen molar-refractivity contribution >= 4 is 11.6 Å². The van der Waals surface area contributed by atoms with E-state index in [9.17, 15) is 4.79 Å². The molecule has 1 aliphatic carbocycles. The zero-order valence-corrected chi connectivity index (χ0v) is 14.8. The predicted molar refractivity (Wildman–Crippen MR) is 99.4 cm³/mol. The molecule has 26 heavy (non-hydrogen) atoms. The van der Waals surface area contributed by atoms with Gasteiger partial charge in [0.25, 0.3) is 0 Å². The van der Waals surface area contributed by atoms with Gasteiger partial charge >= 0.3 is 6.01 Å². The van der Waals surface area contributed by atoms with Crippen molar-refractivity contribution in [2.24, 2.45) is 5.92 Å². The van der Waals surface area contributed by atoms with Crippen LogP contribution in [-0.2, 0) is 4.79 Å². The van der Waals surface area contributed by atoms with Crippen LogP contribution in [0.5, 0.6) is 6.01 Å². The fourth-order valence-corrected chi connectivity index (χ4v) is 2.83. The second-order valence-corrected chi connectivity index (χ2v) is 6.46. The number of ether oxygens (including phenoxy) is 1. The lowest BCUT2D eigenvalue weighted by Crippen LogP contribution is -2.13. The first-order valence-electron chi connectivity index (χ1n) is 8.64. The summed E-state index contributed by atoms with van der Waals surface area (Å²) in [7, 11) is 1.55. The number of hydrogen-bond acceptors (Lipinski definition) is 4. The van der Waals surface area contributed by atoms with Crippen LogP contribution in [0.3, 0.4) is 0 Å². The van der Waals surface area contributed by atoms with Crippen molar-refractivity contribution in [3.05, 3.63) is 54.1 Å². The Labute approximate surface area is 151 Å². The number of carbonyl (C=O) groups is 1. The molecule has 6 heteroatoms. The van der Waals surface area contributed by atoms with Crippen LogP contribution in [0.25, 0.3) is 17.1 Å². The summed E-state index contributed by atoms with van der Waals surface area (Å²) in [6.07, 6.45) is 1.98. The van der Waals surface area contributed by atoms with Crippen molar-refractivity contribution < 1.29 is 9.53 Å². The molecule has 1 heterocycles. The fraction of sp³-hybridized carbons (Fsp3) is 0.250. The Morgan fingerprint density at radius 1 is 1.15 bits per heavy atom. The van der Waals surface area contributed by atoms with E-state index in [1.54, 1.807) is 11.8 Å². The van der Waals surface area contributed by atoms with Crippen molar-refractivity contribution in [2.75, 3.05) is 12.4 Å². The van der Waals surface area contributed by atoms with E-state index in [1.807, 2.05) is 55.5 Å². The van der Waals surface area contributed by atoms with E-state index in [-0.39, 0.29) is 11.8 Å². The summed E-state index contributed by atoms with van der Waals surface area (Å²) in [5.74, 6) is 0.998. The number of aryl methyl sites for hydroxylation is 1. The summed E-state index contributed by atoms with van der Waals surface area (Å²) in [5.41, 5.74) is 3.74. The molecule has 1 amide bonds. The van der Waals surface area contributed by atoms with Crippen LogP contribution in [0.15, 0.2) is 48.5 Å². The molecule has 0 unspecified atom stereocenters. The summed E-state index contributed by atoms with van der Waals surface area (Å²) >= 11 is 0. The summed E-state index contributed by atoms with van der Waals surface area (Å²) in [6, 6.07) is 15.9. The molecule has 2 aromatic carbocycles. The van der Waals surface area contributed by atoms with Gasteiger partial charge in [0.15, 0.2) is 5.82 Å². The van der Waals surface area contributed by atoms with Crippen LogP contribution in [0.1, 0.15) is 18.4 Å². The molecule has 0 atom stereocenters. The molecule has 1 fully saturated rings. The number of hydrogen-bond donors (Lipinski definition) is 1. The summed E-state index contributed by atoms with van der Waals surface area (Å²) < 4.78 is 6.99. The van der Waals surface area contributed by atoms with Crippen molar-refractivity contribution in [1.29, 1.82) is 0 Å². The molecular formula is C20H20N4O2. The predicted octanol–water partition coefficient (Wildman–Crippen LogP) is 3.60. The van der Waals surface area contributed by atoms with E-state index >= 15 is 0 Å². The van der Waals surface area contributed by atoms with Gasteiger partial charge in [0, 0.05) is 17.2 Å². The number of amides is 1. The zero-order valence-electron chi connectivity index (χ0n) is 14.8. The first-order valence-corrected chi connectivity index (χ1v) is 8.64. The molecular weight excluding hydrogens is 328 g/mol. The summed E-state index contributed by atoms with van der Waals surface area (Å²) in [5, 5.41) is 7.39. The van der Waals surface area contributed by atoms with E-state index in [0.717, 1.165) is 41.2 Å². The van der Waals surface area contributed by atoms with Gasteiger partial charge in [0.2, 0.25) is 5.91 Å². The molecule has 1 aromatic heterocycles. The fourth-order valence-electron chi connectivity index (χ4n) is 2.83. The highest BCUT2D eigenvalue weighted by Crippen LogP contribution is 2.30. The molecule has 4 rings (SSSR count). The van der Waals surface area contributed by atoms with E-state index in [1.165, 1.54) is 0 Å². The van der Waals surface area contributed by atoms with E-state index in [4.69, 9.17) is 4.74 Å². The molecule has 1 aliphatic rings. The number of benzene rings is 2. The molecule has 0 bridgehead atoms.